The number of hydrogen-bond donors (Lipinski definition) is 0. The summed E-state index contributed by atoms with van der Waals surface area (Å²) in [6.45, 7) is 2.18. The fourth-order valence-electron chi connectivity index (χ4n) is 2.68. The van der Waals surface area contributed by atoms with E-state index in [9.17, 15) is 18.4 Å². The lowest BCUT2D eigenvalue weighted by Gasteiger charge is -2.33. The van der Waals surface area contributed by atoms with Gasteiger partial charge in [0.1, 0.15) is 11.6 Å². The number of carbonyl (C=O) groups excluding carboxylic acids is 2. The van der Waals surface area contributed by atoms with Crippen LogP contribution in [-0.4, -0.2) is 42.3 Å². The van der Waals surface area contributed by atoms with Gasteiger partial charge in [-0.3, -0.25) is 9.59 Å². The number of amides is 2. The van der Waals surface area contributed by atoms with Crippen molar-refractivity contribution < 1.29 is 18.4 Å². The molecule has 1 heterocycles. The third-order valence-corrected chi connectivity index (χ3v) is 4.35. The quantitative estimate of drug-likeness (QED) is 0.860. The molecule has 120 valence electrons. The van der Waals surface area contributed by atoms with Crippen molar-refractivity contribution in [3.05, 3.63) is 35.4 Å². The molecule has 0 spiro atoms. The minimum absolute atomic E-state index is 0.0670. The van der Waals surface area contributed by atoms with Crippen LogP contribution in [0.2, 0.25) is 0 Å². The zero-order valence-electron chi connectivity index (χ0n) is 13.0. The van der Waals surface area contributed by atoms with Gasteiger partial charge >= 0.3 is 0 Å². The first kappa shape index (κ1) is 16.4. The van der Waals surface area contributed by atoms with Crippen LogP contribution in [0.25, 0.3) is 0 Å². The first-order chi connectivity index (χ1) is 10.3. The van der Waals surface area contributed by atoms with Crippen LogP contribution in [0.4, 0.5) is 8.78 Å². The van der Waals surface area contributed by atoms with E-state index in [-0.39, 0.29) is 23.8 Å². The molecule has 1 aliphatic heterocycles. The number of benzene rings is 1. The second-order valence-electron chi connectivity index (χ2n) is 5.80. The molecule has 2 amide bonds. The van der Waals surface area contributed by atoms with E-state index in [2.05, 4.69) is 0 Å². The number of piperidine rings is 1. The van der Waals surface area contributed by atoms with Crippen molar-refractivity contribution in [3.63, 3.8) is 0 Å². The van der Waals surface area contributed by atoms with Crippen LogP contribution in [-0.2, 0) is 9.59 Å². The SMILES string of the molecule is C[C@H](c1cc(F)ccc1F)N(C)C(=O)[C@@H]1CCN(C)C(=O)C1. The summed E-state index contributed by atoms with van der Waals surface area (Å²) in [6.07, 6.45) is 0.752. The van der Waals surface area contributed by atoms with Gasteiger partial charge in [0, 0.05) is 38.5 Å². The van der Waals surface area contributed by atoms with Gasteiger partial charge in [-0.25, -0.2) is 8.78 Å². The summed E-state index contributed by atoms with van der Waals surface area (Å²) in [5.41, 5.74) is 0.134. The average Bonchev–Trinajstić information content (AvgIpc) is 2.50. The first-order valence-corrected chi connectivity index (χ1v) is 7.27. The van der Waals surface area contributed by atoms with E-state index in [1.54, 1.807) is 25.9 Å². The lowest BCUT2D eigenvalue weighted by atomic mass is 9.94. The molecule has 1 aromatic rings. The van der Waals surface area contributed by atoms with Crippen LogP contribution < -0.4 is 0 Å². The summed E-state index contributed by atoms with van der Waals surface area (Å²) >= 11 is 0. The Balaban J connectivity index is 2.13. The average molecular weight is 310 g/mol. The molecule has 0 saturated carbocycles. The molecule has 1 aliphatic rings. The first-order valence-electron chi connectivity index (χ1n) is 7.27. The van der Waals surface area contributed by atoms with Gasteiger partial charge in [-0.2, -0.15) is 0 Å². The predicted molar refractivity (Wildman–Crippen MR) is 77.9 cm³/mol. The Morgan fingerprint density at radius 3 is 2.73 bits per heavy atom. The predicted octanol–water partition coefficient (Wildman–Crippen LogP) is 2.35. The normalized spacial score (nSPS) is 20.0. The largest absolute Gasteiger partial charge is 0.346 e. The molecule has 0 radical (unpaired) electrons. The molecule has 1 fully saturated rings. The van der Waals surface area contributed by atoms with Crippen molar-refractivity contribution in [2.24, 2.45) is 5.92 Å². The summed E-state index contributed by atoms with van der Waals surface area (Å²) in [6, 6.07) is 2.60. The highest BCUT2D eigenvalue weighted by Crippen LogP contribution is 2.27. The van der Waals surface area contributed by atoms with Crippen LogP contribution in [0, 0.1) is 17.6 Å². The van der Waals surface area contributed by atoms with Crippen molar-refractivity contribution in [1.29, 1.82) is 0 Å². The molecular weight excluding hydrogens is 290 g/mol. The van der Waals surface area contributed by atoms with Gasteiger partial charge in [-0.05, 0) is 31.5 Å². The van der Waals surface area contributed by atoms with Gasteiger partial charge in [-0.1, -0.05) is 0 Å². The van der Waals surface area contributed by atoms with Crippen molar-refractivity contribution in [1.82, 2.24) is 9.80 Å². The third-order valence-electron chi connectivity index (χ3n) is 4.35. The number of hydrogen-bond acceptors (Lipinski definition) is 2. The standard InChI is InChI=1S/C16H20F2N2O2/c1-10(13-9-12(17)4-5-14(13)18)20(3)16(22)11-6-7-19(2)15(21)8-11/h4-5,9-11H,6-8H2,1-3H3/t10-,11-/m1/s1. The molecule has 2 atom stereocenters. The Hall–Kier alpha value is -1.98. The fraction of sp³-hybridized carbons (Fsp3) is 0.500. The molecule has 0 bridgehead atoms. The van der Waals surface area contributed by atoms with Crippen LogP contribution in [0.3, 0.4) is 0 Å². The number of likely N-dealkylation sites (tertiary alicyclic amines) is 1. The number of halogens is 2. The van der Waals surface area contributed by atoms with Crippen molar-refractivity contribution in [3.8, 4) is 0 Å². The van der Waals surface area contributed by atoms with Gasteiger partial charge in [0.2, 0.25) is 11.8 Å². The minimum Gasteiger partial charge on any atom is -0.346 e. The molecule has 4 nitrogen and oxygen atoms in total. The highest BCUT2D eigenvalue weighted by molar-refractivity contribution is 5.87. The molecule has 0 aromatic heterocycles. The fourth-order valence-corrected chi connectivity index (χ4v) is 2.68. The Kier molecular flexibility index (Phi) is 4.78. The van der Waals surface area contributed by atoms with Crippen LogP contribution in [0.1, 0.15) is 31.4 Å². The highest BCUT2D eigenvalue weighted by atomic mass is 19.1. The van der Waals surface area contributed by atoms with Gasteiger partial charge in [-0.15, -0.1) is 0 Å². The minimum atomic E-state index is -0.599. The summed E-state index contributed by atoms with van der Waals surface area (Å²) < 4.78 is 27.1. The Morgan fingerprint density at radius 2 is 2.09 bits per heavy atom. The Bertz CT molecular complexity index is 592. The molecule has 0 unspecified atom stereocenters. The zero-order chi connectivity index (χ0) is 16.4. The molecule has 22 heavy (non-hydrogen) atoms. The number of rotatable bonds is 3. The molecule has 2 rings (SSSR count). The molecular formula is C16H20F2N2O2. The summed E-state index contributed by atoms with van der Waals surface area (Å²) in [4.78, 5) is 27.2. The maximum absolute atomic E-state index is 13.8. The van der Waals surface area contributed by atoms with Gasteiger partial charge in [0.05, 0.1) is 6.04 Å². The molecule has 6 heteroatoms. The van der Waals surface area contributed by atoms with E-state index in [0.29, 0.717) is 13.0 Å². The van der Waals surface area contributed by atoms with E-state index in [1.165, 1.54) is 4.90 Å². The lowest BCUT2D eigenvalue weighted by molar-refractivity contribution is -0.144. The number of carbonyl (C=O) groups is 2. The molecule has 1 saturated heterocycles. The van der Waals surface area contributed by atoms with E-state index < -0.39 is 23.6 Å². The zero-order valence-corrected chi connectivity index (χ0v) is 13.0. The van der Waals surface area contributed by atoms with Gasteiger partial charge in [0.15, 0.2) is 0 Å². The Morgan fingerprint density at radius 1 is 1.41 bits per heavy atom. The van der Waals surface area contributed by atoms with Crippen LogP contribution in [0.5, 0.6) is 0 Å². The van der Waals surface area contributed by atoms with E-state index in [1.807, 2.05) is 0 Å². The van der Waals surface area contributed by atoms with Crippen molar-refractivity contribution in [2.45, 2.75) is 25.8 Å². The summed E-state index contributed by atoms with van der Waals surface area (Å²) in [7, 11) is 3.26. The van der Waals surface area contributed by atoms with E-state index >= 15 is 0 Å². The maximum atomic E-state index is 13.8. The highest BCUT2D eigenvalue weighted by Gasteiger charge is 2.32. The lowest BCUT2D eigenvalue weighted by Crippen LogP contribution is -2.43. The monoisotopic (exact) mass is 310 g/mol. The second-order valence-corrected chi connectivity index (χ2v) is 5.80. The number of nitrogens with zero attached hydrogens (tertiary/aromatic N) is 2. The van der Waals surface area contributed by atoms with E-state index in [0.717, 1.165) is 18.2 Å². The van der Waals surface area contributed by atoms with Crippen molar-refractivity contribution in [2.75, 3.05) is 20.6 Å². The van der Waals surface area contributed by atoms with E-state index in [4.69, 9.17) is 0 Å². The third kappa shape index (κ3) is 3.26. The Labute approximate surface area is 128 Å². The van der Waals surface area contributed by atoms with Crippen molar-refractivity contribution >= 4 is 11.8 Å². The second kappa shape index (κ2) is 6.42. The smallest absolute Gasteiger partial charge is 0.226 e. The van der Waals surface area contributed by atoms with Gasteiger partial charge < -0.3 is 9.80 Å². The molecule has 0 N–H and O–H groups in total. The van der Waals surface area contributed by atoms with Crippen LogP contribution >= 0.6 is 0 Å². The summed E-state index contributed by atoms with van der Waals surface area (Å²) in [5.74, 6) is -1.76. The summed E-state index contributed by atoms with van der Waals surface area (Å²) in [5, 5.41) is 0. The van der Waals surface area contributed by atoms with Crippen LogP contribution in [0.15, 0.2) is 18.2 Å². The topological polar surface area (TPSA) is 40.6 Å². The van der Waals surface area contributed by atoms with Gasteiger partial charge in [0.25, 0.3) is 0 Å². The molecule has 0 aliphatic carbocycles. The molecule has 1 aromatic carbocycles. The maximum Gasteiger partial charge on any atom is 0.226 e.